The number of hydrogen-bond donors (Lipinski definition) is 1. The van der Waals surface area contributed by atoms with Crippen molar-refractivity contribution in [3.8, 4) is 5.75 Å². The summed E-state index contributed by atoms with van der Waals surface area (Å²) in [5.41, 5.74) is 2.63. The maximum atomic E-state index is 13.8. The van der Waals surface area contributed by atoms with Crippen molar-refractivity contribution in [2.45, 2.75) is 39.3 Å². The molecule has 0 spiro atoms. The summed E-state index contributed by atoms with van der Waals surface area (Å²) in [5.74, 6) is -0.815. The number of aromatic nitrogens is 1. The summed E-state index contributed by atoms with van der Waals surface area (Å²) in [6.45, 7) is 4.25. The number of thiazole rings is 1. The van der Waals surface area contributed by atoms with Crippen molar-refractivity contribution in [3.05, 3.63) is 119 Å². The first-order valence-corrected chi connectivity index (χ1v) is 14.9. The normalized spacial score (nSPS) is 14.9. The molecule has 2 aromatic heterocycles. The van der Waals surface area contributed by atoms with Crippen LogP contribution < -0.4 is 19.6 Å². The smallest absolute Gasteiger partial charge is 0.338 e. The van der Waals surface area contributed by atoms with Gasteiger partial charge in [0.05, 0.1) is 28.0 Å². The van der Waals surface area contributed by atoms with Crippen LogP contribution in [0.15, 0.2) is 87.1 Å². The summed E-state index contributed by atoms with van der Waals surface area (Å²) in [4.78, 5) is 44.3. The molecule has 0 bridgehead atoms. The van der Waals surface area contributed by atoms with Gasteiger partial charge in [0.2, 0.25) is 0 Å². The molecule has 0 unspecified atom stereocenters. The van der Waals surface area contributed by atoms with Crippen molar-refractivity contribution in [1.29, 1.82) is 0 Å². The number of thiophene rings is 1. The quantitative estimate of drug-likeness (QED) is 0.264. The predicted molar refractivity (Wildman–Crippen MR) is 158 cm³/mol. The molecule has 0 fully saturated rings. The number of carbonyl (C=O) groups is 2. The molecule has 2 aromatic carbocycles. The van der Waals surface area contributed by atoms with Gasteiger partial charge in [0.25, 0.3) is 5.56 Å². The highest BCUT2D eigenvalue weighted by molar-refractivity contribution is 7.10. The van der Waals surface area contributed by atoms with Crippen LogP contribution in [0.3, 0.4) is 0 Å². The van der Waals surface area contributed by atoms with E-state index in [4.69, 9.17) is 14.5 Å². The van der Waals surface area contributed by atoms with Gasteiger partial charge >= 0.3 is 11.9 Å². The van der Waals surface area contributed by atoms with Gasteiger partial charge in [-0.3, -0.25) is 9.36 Å². The topological polar surface area (TPSA) is 107 Å². The van der Waals surface area contributed by atoms with Crippen LogP contribution in [0, 0.1) is 0 Å². The number of nitrogens with zero attached hydrogens (tertiary/aromatic N) is 2. The van der Waals surface area contributed by atoms with Gasteiger partial charge in [-0.05, 0) is 66.3 Å². The van der Waals surface area contributed by atoms with Gasteiger partial charge in [0.15, 0.2) is 4.80 Å². The Hall–Kier alpha value is -4.28. The number of hydrogen-bond acceptors (Lipinski definition) is 8. The number of ether oxygens (including phenoxy) is 2. The largest absolute Gasteiger partial charge is 0.489 e. The van der Waals surface area contributed by atoms with Crippen LogP contribution in [-0.2, 0) is 16.1 Å². The highest BCUT2D eigenvalue weighted by Crippen LogP contribution is 2.34. The fraction of sp³-hybridized carbons (Fsp3) is 0.226. The van der Waals surface area contributed by atoms with Crippen LogP contribution in [0.25, 0.3) is 6.08 Å². The van der Waals surface area contributed by atoms with E-state index in [9.17, 15) is 19.5 Å². The fourth-order valence-corrected chi connectivity index (χ4v) is 6.45. The molecule has 1 aliphatic rings. The highest BCUT2D eigenvalue weighted by atomic mass is 32.1. The van der Waals surface area contributed by atoms with E-state index in [1.165, 1.54) is 28.7 Å². The van der Waals surface area contributed by atoms with E-state index in [0.29, 0.717) is 32.8 Å². The molecule has 10 heteroatoms. The maximum Gasteiger partial charge on any atom is 0.338 e. The summed E-state index contributed by atoms with van der Waals surface area (Å²) in [5, 5.41) is 11.1. The van der Waals surface area contributed by atoms with Gasteiger partial charge in [0.1, 0.15) is 18.4 Å². The molecule has 5 rings (SSSR count). The molecule has 0 aliphatic carbocycles. The summed E-state index contributed by atoms with van der Waals surface area (Å²) in [7, 11) is 0. The molecular formula is C31H28N2O6S2. The van der Waals surface area contributed by atoms with Crippen LogP contribution in [-0.4, -0.2) is 28.2 Å². The van der Waals surface area contributed by atoms with Crippen LogP contribution in [0.4, 0.5) is 0 Å². The highest BCUT2D eigenvalue weighted by Gasteiger charge is 2.34. The first-order valence-electron chi connectivity index (χ1n) is 13.2. The predicted octanol–water partition coefficient (Wildman–Crippen LogP) is 4.92. The van der Waals surface area contributed by atoms with Crippen molar-refractivity contribution in [1.82, 2.24) is 4.57 Å². The molecule has 0 saturated heterocycles. The second-order valence-corrected chi connectivity index (χ2v) is 11.3. The SMILES string of the molecule is CCCC1=C(C(=O)OCC)[C@H](c2cccs2)n2c(s/c(=C\c3ccc(OCc4cccc(C(=O)O)c4)cc3)c2=O)=N1. The minimum Gasteiger partial charge on any atom is -0.489 e. The minimum absolute atomic E-state index is 0.209. The third-order valence-electron chi connectivity index (χ3n) is 6.46. The zero-order valence-electron chi connectivity index (χ0n) is 22.5. The molecule has 1 aliphatic heterocycles. The average molecular weight is 589 g/mol. The van der Waals surface area contributed by atoms with E-state index in [1.807, 2.05) is 48.7 Å². The first kappa shape index (κ1) is 28.3. The van der Waals surface area contributed by atoms with E-state index in [0.717, 1.165) is 22.4 Å². The molecule has 4 aromatic rings. The van der Waals surface area contributed by atoms with Gasteiger partial charge < -0.3 is 14.6 Å². The van der Waals surface area contributed by atoms with Gasteiger partial charge in [-0.1, -0.05) is 55.0 Å². The Kier molecular flexibility index (Phi) is 8.61. The lowest BCUT2D eigenvalue weighted by molar-refractivity contribution is -0.139. The molecule has 8 nitrogen and oxygen atoms in total. The van der Waals surface area contributed by atoms with E-state index in [1.54, 1.807) is 35.8 Å². The second kappa shape index (κ2) is 12.5. The Balaban J connectivity index is 1.46. The lowest BCUT2D eigenvalue weighted by atomic mass is 9.99. The van der Waals surface area contributed by atoms with Crippen LogP contribution in [0.1, 0.15) is 59.1 Å². The number of fused-ring (bicyclic) bond motifs is 1. The monoisotopic (exact) mass is 588 g/mol. The number of carboxylic acids is 1. The molecule has 0 radical (unpaired) electrons. The Morgan fingerprint density at radius 3 is 2.59 bits per heavy atom. The second-order valence-electron chi connectivity index (χ2n) is 9.29. The molecule has 1 atom stereocenters. The minimum atomic E-state index is -0.984. The third kappa shape index (κ3) is 6.08. The maximum absolute atomic E-state index is 13.8. The number of aromatic carboxylic acids is 1. The summed E-state index contributed by atoms with van der Waals surface area (Å²) in [6.07, 6.45) is 3.21. The molecule has 0 saturated carbocycles. The molecule has 3 heterocycles. The molecule has 0 amide bonds. The van der Waals surface area contributed by atoms with Gasteiger partial charge in [-0.25, -0.2) is 14.6 Å². The zero-order valence-corrected chi connectivity index (χ0v) is 24.2. The number of benzene rings is 2. The van der Waals surface area contributed by atoms with E-state index in [2.05, 4.69) is 0 Å². The first-order chi connectivity index (χ1) is 19.9. The van der Waals surface area contributed by atoms with E-state index < -0.39 is 18.0 Å². The van der Waals surface area contributed by atoms with Crippen molar-refractivity contribution < 1.29 is 24.2 Å². The van der Waals surface area contributed by atoms with Crippen LogP contribution in [0.2, 0.25) is 0 Å². The van der Waals surface area contributed by atoms with E-state index in [-0.39, 0.29) is 24.3 Å². The van der Waals surface area contributed by atoms with Crippen LogP contribution in [0.5, 0.6) is 5.75 Å². The Labute approximate surface area is 244 Å². The van der Waals surface area contributed by atoms with Crippen LogP contribution >= 0.6 is 22.7 Å². The summed E-state index contributed by atoms with van der Waals surface area (Å²) >= 11 is 2.79. The molecule has 210 valence electrons. The Bertz CT molecular complexity index is 1780. The molecular weight excluding hydrogens is 560 g/mol. The fourth-order valence-electron chi connectivity index (χ4n) is 4.61. The lowest BCUT2D eigenvalue weighted by Crippen LogP contribution is -2.39. The number of esters is 1. The number of allylic oxidation sites excluding steroid dienone is 1. The number of carboxylic acid groups (broad SMARTS) is 1. The molecule has 1 N–H and O–H groups in total. The number of rotatable bonds is 10. The summed E-state index contributed by atoms with van der Waals surface area (Å²) in [6, 6.07) is 17.2. The molecule has 41 heavy (non-hydrogen) atoms. The van der Waals surface area contributed by atoms with Gasteiger partial charge in [-0.15, -0.1) is 11.3 Å². The van der Waals surface area contributed by atoms with Gasteiger partial charge in [-0.2, -0.15) is 0 Å². The Morgan fingerprint density at radius 2 is 1.90 bits per heavy atom. The standard InChI is InChI=1S/C31H28N2O6S2/c1-3-7-23-26(30(37)38-4-2)27(24-10-6-15-40-24)33-28(34)25(41-31(33)32-23)17-19-11-13-22(14-12-19)39-18-20-8-5-9-21(16-20)29(35)36/h5-6,8-17,27H,3-4,7,18H2,1-2H3,(H,35,36)/b25-17-/t27-/m0/s1. The van der Waals surface area contributed by atoms with Crippen molar-refractivity contribution in [2.75, 3.05) is 6.61 Å². The third-order valence-corrected chi connectivity index (χ3v) is 8.37. The zero-order chi connectivity index (χ0) is 28.9. The van der Waals surface area contributed by atoms with Crippen molar-refractivity contribution in [2.24, 2.45) is 4.99 Å². The lowest BCUT2D eigenvalue weighted by Gasteiger charge is -2.24. The van der Waals surface area contributed by atoms with Gasteiger partial charge in [0, 0.05) is 4.88 Å². The Morgan fingerprint density at radius 1 is 1.10 bits per heavy atom. The summed E-state index contributed by atoms with van der Waals surface area (Å²) < 4.78 is 13.4. The number of carbonyl (C=O) groups excluding carboxylic acids is 1. The average Bonchev–Trinajstić information content (AvgIpc) is 3.61. The van der Waals surface area contributed by atoms with Crippen molar-refractivity contribution in [3.63, 3.8) is 0 Å². The van der Waals surface area contributed by atoms with E-state index >= 15 is 0 Å². The van der Waals surface area contributed by atoms with Crippen molar-refractivity contribution >= 4 is 40.7 Å².